The summed E-state index contributed by atoms with van der Waals surface area (Å²) in [6, 6.07) is 14.7. The van der Waals surface area contributed by atoms with Crippen LogP contribution in [0.15, 0.2) is 48.5 Å². The van der Waals surface area contributed by atoms with E-state index in [1.165, 1.54) is 6.92 Å². The van der Waals surface area contributed by atoms with E-state index in [-0.39, 0.29) is 11.8 Å². The van der Waals surface area contributed by atoms with E-state index in [4.69, 9.17) is 4.74 Å². The van der Waals surface area contributed by atoms with Crippen molar-refractivity contribution in [2.24, 2.45) is 0 Å². The summed E-state index contributed by atoms with van der Waals surface area (Å²) < 4.78 is 5.85. The minimum absolute atomic E-state index is 0.162. The quantitative estimate of drug-likeness (QED) is 0.829. The fourth-order valence-electron chi connectivity index (χ4n) is 2.43. The van der Waals surface area contributed by atoms with Crippen LogP contribution in [0.3, 0.4) is 0 Å². The molecule has 1 atom stereocenters. The van der Waals surface area contributed by atoms with Gasteiger partial charge in [-0.3, -0.25) is 9.59 Å². The maximum atomic E-state index is 12.4. The van der Waals surface area contributed by atoms with Gasteiger partial charge in [-0.05, 0) is 42.7 Å². The van der Waals surface area contributed by atoms with Gasteiger partial charge in [0.05, 0.1) is 0 Å². The molecule has 0 saturated carbocycles. The van der Waals surface area contributed by atoms with Crippen LogP contribution < -0.4 is 15.4 Å². The number of rotatable bonds is 6. The fourth-order valence-corrected chi connectivity index (χ4v) is 2.43. The minimum atomic E-state index is -0.649. The Bertz CT molecular complexity index is 756. The first-order valence-corrected chi connectivity index (χ1v) is 8.31. The maximum absolute atomic E-state index is 12.4. The zero-order valence-electron chi connectivity index (χ0n) is 15.0. The summed E-state index contributed by atoms with van der Waals surface area (Å²) in [7, 11) is 0. The van der Waals surface area contributed by atoms with Gasteiger partial charge in [0, 0.05) is 18.3 Å². The highest BCUT2D eigenvalue weighted by atomic mass is 16.5. The molecule has 0 bridgehead atoms. The van der Waals surface area contributed by atoms with Crippen LogP contribution in [0.1, 0.15) is 39.2 Å². The summed E-state index contributed by atoms with van der Waals surface area (Å²) in [5, 5.41) is 5.49. The normalized spacial score (nSPS) is 11.7. The van der Waals surface area contributed by atoms with Crippen LogP contribution in [0.4, 0.5) is 11.4 Å². The van der Waals surface area contributed by atoms with E-state index in [0.29, 0.717) is 23.0 Å². The number of ether oxygens (including phenoxy) is 1. The highest BCUT2D eigenvalue weighted by molar-refractivity contribution is 5.95. The van der Waals surface area contributed by atoms with Gasteiger partial charge in [-0.1, -0.05) is 38.1 Å². The Balaban J connectivity index is 2.05. The Morgan fingerprint density at radius 1 is 0.920 bits per heavy atom. The second-order valence-electron chi connectivity index (χ2n) is 6.20. The third-order valence-corrected chi connectivity index (χ3v) is 3.66. The minimum Gasteiger partial charge on any atom is -0.481 e. The number of hydrogen-bond acceptors (Lipinski definition) is 3. The zero-order valence-corrected chi connectivity index (χ0v) is 15.0. The van der Waals surface area contributed by atoms with E-state index in [1.807, 2.05) is 24.3 Å². The lowest BCUT2D eigenvalue weighted by atomic mass is 10.0. The highest BCUT2D eigenvalue weighted by Crippen LogP contribution is 2.27. The number of anilines is 2. The van der Waals surface area contributed by atoms with Gasteiger partial charge in [0.15, 0.2) is 6.10 Å². The third kappa shape index (κ3) is 5.35. The molecule has 0 aliphatic rings. The lowest BCUT2D eigenvalue weighted by Crippen LogP contribution is -2.30. The van der Waals surface area contributed by atoms with Crippen molar-refractivity contribution in [2.75, 3.05) is 10.6 Å². The number of carbonyl (C=O) groups excluding carboxylic acids is 2. The number of hydrogen-bond donors (Lipinski definition) is 2. The lowest BCUT2D eigenvalue weighted by molar-refractivity contribution is -0.122. The van der Waals surface area contributed by atoms with Gasteiger partial charge in [0.1, 0.15) is 5.75 Å². The number of nitrogens with one attached hydrogen (secondary N) is 2. The van der Waals surface area contributed by atoms with Crippen LogP contribution in [0, 0.1) is 0 Å². The average Bonchev–Trinajstić information content (AvgIpc) is 2.54. The molecule has 0 unspecified atom stereocenters. The average molecular weight is 340 g/mol. The number of benzene rings is 2. The van der Waals surface area contributed by atoms with Crippen LogP contribution in [0.5, 0.6) is 5.75 Å². The van der Waals surface area contributed by atoms with Crippen molar-refractivity contribution in [2.45, 2.75) is 39.7 Å². The second kappa shape index (κ2) is 8.33. The molecule has 5 heteroatoms. The SMILES string of the molecule is CC(=O)Nc1cccc(NC(=O)[C@@H](C)Oc2ccccc2C(C)C)c1. The number of amides is 2. The molecule has 2 rings (SSSR count). The van der Waals surface area contributed by atoms with E-state index in [1.54, 1.807) is 31.2 Å². The topological polar surface area (TPSA) is 67.4 Å². The molecule has 0 spiro atoms. The van der Waals surface area contributed by atoms with Crippen LogP contribution in [0.2, 0.25) is 0 Å². The van der Waals surface area contributed by atoms with Gasteiger partial charge in [-0.2, -0.15) is 0 Å². The maximum Gasteiger partial charge on any atom is 0.265 e. The van der Waals surface area contributed by atoms with E-state index in [9.17, 15) is 9.59 Å². The molecule has 2 aromatic rings. The van der Waals surface area contributed by atoms with Gasteiger partial charge in [0.25, 0.3) is 5.91 Å². The van der Waals surface area contributed by atoms with Gasteiger partial charge in [-0.15, -0.1) is 0 Å². The molecular formula is C20H24N2O3. The summed E-state index contributed by atoms with van der Waals surface area (Å²) in [4.78, 5) is 23.5. The van der Waals surface area contributed by atoms with Crippen molar-refractivity contribution < 1.29 is 14.3 Å². The molecule has 2 amide bonds. The second-order valence-corrected chi connectivity index (χ2v) is 6.20. The Hall–Kier alpha value is -2.82. The Morgan fingerprint density at radius 2 is 1.56 bits per heavy atom. The standard InChI is InChI=1S/C20H24N2O3/c1-13(2)18-10-5-6-11-19(18)25-14(3)20(24)22-17-9-7-8-16(12-17)21-15(4)23/h5-14H,1-4H3,(H,21,23)(H,22,24)/t14-/m1/s1. The number of para-hydroxylation sites is 1. The Kier molecular flexibility index (Phi) is 6.17. The first-order valence-electron chi connectivity index (χ1n) is 8.31. The molecule has 0 fully saturated rings. The van der Waals surface area contributed by atoms with Crippen molar-refractivity contribution in [3.05, 3.63) is 54.1 Å². The molecule has 0 aromatic heterocycles. The van der Waals surface area contributed by atoms with Crippen LogP contribution in [-0.4, -0.2) is 17.9 Å². The van der Waals surface area contributed by atoms with Gasteiger partial charge >= 0.3 is 0 Å². The van der Waals surface area contributed by atoms with Crippen molar-refractivity contribution in [3.63, 3.8) is 0 Å². The van der Waals surface area contributed by atoms with Gasteiger partial charge in [-0.25, -0.2) is 0 Å². The molecule has 0 radical (unpaired) electrons. The zero-order chi connectivity index (χ0) is 18.4. The highest BCUT2D eigenvalue weighted by Gasteiger charge is 2.17. The summed E-state index contributed by atoms with van der Waals surface area (Å²) >= 11 is 0. The first kappa shape index (κ1) is 18.5. The fraction of sp³-hybridized carbons (Fsp3) is 0.300. The Labute approximate surface area is 148 Å². The van der Waals surface area contributed by atoms with Crippen molar-refractivity contribution in [3.8, 4) is 5.75 Å². The molecule has 132 valence electrons. The van der Waals surface area contributed by atoms with E-state index >= 15 is 0 Å². The monoisotopic (exact) mass is 340 g/mol. The molecule has 2 N–H and O–H groups in total. The summed E-state index contributed by atoms with van der Waals surface area (Å²) in [6.45, 7) is 7.32. The first-order chi connectivity index (χ1) is 11.9. The molecule has 5 nitrogen and oxygen atoms in total. The van der Waals surface area contributed by atoms with Crippen molar-refractivity contribution >= 4 is 23.2 Å². The number of carbonyl (C=O) groups is 2. The molecule has 0 saturated heterocycles. The lowest BCUT2D eigenvalue weighted by Gasteiger charge is -2.19. The van der Waals surface area contributed by atoms with Crippen LogP contribution in [0.25, 0.3) is 0 Å². The molecular weight excluding hydrogens is 316 g/mol. The molecule has 2 aromatic carbocycles. The van der Waals surface area contributed by atoms with E-state index in [2.05, 4.69) is 24.5 Å². The molecule has 25 heavy (non-hydrogen) atoms. The predicted octanol–water partition coefficient (Wildman–Crippen LogP) is 4.17. The molecule has 0 aliphatic heterocycles. The van der Waals surface area contributed by atoms with Crippen molar-refractivity contribution in [1.82, 2.24) is 0 Å². The summed E-state index contributed by atoms with van der Waals surface area (Å²) in [6.07, 6.45) is -0.649. The van der Waals surface area contributed by atoms with E-state index < -0.39 is 6.10 Å². The third-order valence-electron chi connectivity index (χ3n) is 3.66. The smallest absolute Gasteiger partial charge is 0.265 e. The molecule has 0 aliphatic carbocycles. The largest absolute Gasteiger partial charge is 0.481 e. The van der Waals surface area contributed by atoms with Gasteiger partial charge < -0.3 is 15.4 Å². The Morgan fingerprint density at radius 3 is 2.20 bits per heavy atom. The summed E-state index contributed by atoms with van der Waals surface area (Å²) in [5.41, 5.74) is 2.29. The van der Waals surface area contributed by atoms with Crippen molar-refractivity contribution in [1.29, 1.82) is 0 Å². The van der Waals surface area contributed by atoms with Gasteiger partial charge in [0.2, 0.25) is 5.91 Å². The van der Waals surface area contributed by atoms with Crippen LogP contribution in [-0.2, 0) is 9.59 Å². The summed E-state index contributed by atoms with van der Waals surface area (Å²) in [5.74, 6) is 0.608. The molecule has 0 heterocycles. The van der Waals surface area contributed by atoms with Crippen LogP contribution >= 0.6 is 0 Å². The van der Waals surface area contributed by atoms with E-state index in [0.717, 1.165) is 5.56 Å². The predicted molar refractivity (Wildman–Crippen MR) is 100.0 cm³/mol.